The fraction of sp³-hybridized carbons (Fsp3) is 0.250. The summed E-state index contributed by atoms with van der Waals surface area (Å²) in [6, 6.07) is 14.6. The predicted octanol–water partition coefficient (Wildman–Crippen LogP) is 2.78. The van der Waals surface area contributed by atoms with Crippen molar-refractivity contribution in [1.82, 2.24) is 5.32 Å². The van der Waals surface area contributed by atoms with E-state index >= 15 is 0 Å². The fourth-order valence-electron chi connectivity index (χ4n) is 3.48. The van der Waals surface area contributed by atoms with E-state index in [1.54, 1.807) is 48.5 Å². The van der Waals surface area contributed by atoms with E-state index in [0.717, 1.165) is 4.31 Å². The van der Waals surface area contributed by atoms with E-state index in [9.17, 15) is 18.0 Å². The van der Waals surface area contributed by atoms with Gasteiger partial charge >= 0.3 is 0 Å². The highest BCUT2D eigenvalue weighted by Gasteiger charge is 2.26. The lowest BCUT2D eigenvalue weighted by atomic mass is 10.1. The number of hydrogen-bond donors (Lipinski definition) is 2. The van der Waals surface area contributed by atoms with Gasteiger partial charge in [0, 0.05) is 6.07 Å². The molecule has 0 unspecified atom stereocenters. The first kappa shape index (κ1) is 24.1. The van der Waals surface area contributed by atoms with Crippen molar-refractivity contribution >= 4 is 33.2 Å². The maximum absolute atomic E-state index is 12.9. The van der Waals surface area contributed by atoms with Crippen LogP contribution in [0.3, 0.4) is 0 Å². The summed E-state index contributed by atoms with van der Waals surface area (Å²) >= 11 is 0. The third-order valence-corrected chi connectivity index (χ3v) is 6.99. The molecule has 0 bridgehead atoms. The van der Waals surface area contributed by atoms with Crippen LogP contribution >= 0.6 is 0 Å². The van der Waals surface area contributed by atoms with Gasteiger partial charge in [0.15, 0.2) is 11.5 Å². The van der Waals surface area contributed by atoms with Crippen LogP contribution in [0.5, 0.6) is 11.5 Å². The number of fused-ring (bicyclic) bond motifs is 1. The molecule has 0 spiro atoms. The van der Waals surface area contributed by atoms with Crippen LogP contribution in [-0.2, 0) is 21.4 Å². The lowest BCUT2D eigenvalue weighted by molar-refractivity contribution is -0.114. The molecule has 0 aliphatic carbocycles. The Balaban J connectivity index is 1.51. The number of benzene rings is 2. The van der Waals surface area contributed by atoms with Crippen molar-refractivity contribution in [3.8, 4) is 11.5 Å². The zero-order valence-electron chi connectivity index (χ0n) is 19.0. The Morgan fingerprint density at radius 2 is 1.77 bits per heavy atom. The second kappa shape index (κ2) is 10.5. The van der Waals surface area contributed by atoms with Gasteiger partial charge in [-0.15, -0.1) is 0 Å². The van der Waals surface area contributed by atoms with Gasteiger partial charge in [-0.1, -0.05) is 12.1 Å². The molecule has 10 nitrogen and oxygen atoms in total. The molecule has 0 saturated carbocycles. The Morgan fingerprint density at radius 3 is 2.51 bits per heavy atom. The number of amides is 2. The Morgan fingerprint density at radius 1 is 1.00 bits per heavy atom. The molecule has 1 aliphatic heterocycles. The summed E-state index contributed by atoms with van der Waals surface area (Å²) in [5.74, 6) is 0.266. The molecular formula is C24H25N3O7S. The number of ether oxygens (including phenoxy) is 2. The molecule has 3 aromatic rings. The normalized spacial score (nSPS) is 12.6. The van der Waals surface area contributed by atoms with Gasteiger partial charge in [0.2, 0.25) is 15.9 Å². The van der Waals surface area contributed by atoms with Crippen LogP contribution < -0.4 is 24.4 Å². The summed E-state index contributed by atoms with van der Waals surface area (Å²) in [6.07, 6.45) is 1.51. The largest absolute Gasteiger partial charge is 0.486 e. The molecule has 4 rings (SSSR count). The maximum atomic E-state index is 12.9. The van der Waals surface area contributed by atoms with Crippen molar-refractivity contribution in [2.45, 2.75) is 13.5 Å². The Hall–Kier alpha value is -3.99. The second-order valence-electron chi connectivity index (χ2n) is 7.59. The summed E-state index contributed by atoms with van der Waals surface area (Å²) in [5.41, 5.74) is 0.762. The number of para-hydroxylation sites is 1. The van der Waals surface area contributed by atoms with Gasteiger partial charge in [-0.2, -0.15) is 0 Å². The van der Waals surface area contributed by atoms with Crippen molar-refractivity contribution < 1.29 is 31.9 Å². The molecule has 2 heterocycles. The number of carbonyl (C=O) groups is 2. The van der Waals surface area contributed by atoms with Gasteiger partial charge in [0.05, 0.1) is 35.5 Å². The minimum Gasteiger partial charge on any atom is -0.486 e. The summed E-state index contributed by atoms with van der Waals surface area (Å²) in [6.45, 7) is 1.94. The van der Waals surface area contributed by atoms with Crippen LogP contribution in [0.25, 0.3) is 0 Å². The van der Waals surface area contributed by atoms with Gasteiger partial charge in [-0.3, -0.25) is 13.9 Å². The van der Waals surface area contributed by atoms with E-state index in [-0.39, 0.29) is 29.2 Å². The van der Waals surface area contributed by atoms with Gasteiger partial charge in [-0.25, -0.2) is 8.42 Å². The number of nitrogens with zero attached hydrogens (tertiary/aromatic N) is 1. The van der Waals surface area contributed by atoms with Gasteiger partial charge in [0.1, 0.15) is 25.5 Å². The van der Waals surface area contributed by atoms with Crippen molar-refractivity contribution in [1.29, 1.82) is 0 Å². The standard InChI is InChI=1S/C24H25N3O7S/c1-2-35(30,31)27(17-9-10-21-22(14-17)34-13-12-33-21)16-23(28)26-20-8-4-3-7-19(20)24(29)25-15-18-6-5-11-32-18/h3-11,14H,2,12-13,15-16H2,1H3,(H,25,29)(H,26,28). The third-order valence-electron chi connectivity index (χ3n) is 5.25. The number of furan rings is 1. The van der Waals surface area contributed by atoms with Crippen LogP contribution in [0.4, 0.5) is 11.4 Å². The lowest BCUT2D eigenvalue weighted by Crippen LogP contribution is -2.39. The summed E-state index contributed by atoms with van der Waals surface area (Å²) in [5, 5.41) is 5.39. The lowest BCUT2D eigenvalue weighted by Gasteiger charge is -2.25. The first-order valence-corrected chi connectivity index (χ1v) is 12.6. The third kappa shape index (κ3) is 5.75. The molecule has 11 heteroatoms. The predicted molar refractivity (Wildman–Crippen MR) is 129 cm³/mol. The second-order valence-corrected chi connectivity index (χ2v) is 9.77. The number of hydrogen-bond acceptors (Lipinski definition) is 7. The van der Waals surface area contributed by atoms with E-state index in [1.807, 2.05) is 0 Å². The van der Waals surface area contributed by atoms with Crippen molar-refractivity contribution in [2.24, 2.45) is 0 Å². The summed E-state index contributed by atoms with van der Waals surface area (Å²) in [7, 11) is -3.80. The SMILES string of the molecule is CCS(=O)(=O)N(CC(=O)Nc1ccccc1C(=O)NCc1ccco1)c1ccc2c(c1)OCCO2. The van der Waals surface area contributed by atoms with E-state index < -0.39 is 28.4 Å². The number of carbonyl (C=O) groups excluding carboxylic acids is 2. The zero-order valence-corrected chi connectivity index (χ0v) is 19.8. The molecule has 184 valence electrons. The average Bonchev–Trinajstić information content (AvgIpc) is 3.39. The molecule has 2 amide bonds. The molecule has 35 heavy (non-hydrogen) atoms. The van der Waals surface area contributed by atoms with E-state index in [1.165, 1.54) is 19.3 Å². The fourth-order valence-corrected chi connectivity index (χ4v) is 4.54. The molecule has 0 radical (unpaired) electrons. The minimum atomic E-state index is -3.80. The number of sulfonamides is 1. The van der Waals surface area contributed by atoms with Gasteiger partial charge in [0.25, 0.3) is 5.91 Å². The smallest absolute Gasteiger partial charge is 0.253 e. The average molecular weight is 500 g/mol. The topological polar surface area (TPSA) is 127 Å². The van der Waals surface area contributed by atoms with E-state index in [2.05, 4.69) is 10.6 Å². The van der Waals surface area contributed by atoms with Crippen LogP contribution in [-0.4, -0.2) is 45.7 Å². The Bertz CT molecular complexity index is 1310. The van der Waals surface area contributed by atoms with Crippen LogP contribution in [0.2, 0.25) is 0 Å². The Kier molecular flexibility index (Phi) is 7.25. The van der Waals surface area contributed by atoms with Gasteiger partial charge < -0.3 is 24.5 Å². The molecule has 0 saturated heterocycles. The van der Waals surface area contributed by atoms with Crippen molar-refractivity contribution in [2.75, 3.05) is 35.1 Å². The van der Waals surface area contributed by atoms with Gasteiger partial charge in [-0.05, 0) is 43.3 Å². The molecule has 1 aliphatic rings. The molecular weight excluding hydrogens is 474 g/mol. The summed E-state index contributed by atoms with van der Waals surface area (Å²) < 4.78 is 42.9. The van der Waals surface area contributed by atoms with Crippen molar-refractivity contribution in [3.63, 3.8) is 0 Å². The highest BCUT2D eigenvalue weighted by Crippen LogP contribution is 2.34. The highest BCUT2D eigenvalue weighted by atomic mass is 32.2. The molecule has 0 fully saturated rings. The first-order valence-electron chi connectivity index (χ1n) is 11.0. The highest BCUT2D eigenvalue weighted by molar-refractivity contribution is 7.92. The van der Waals surface area contributed by atoms with Crippen molar-refractivity contribution in [3.05, 3.63) is 72.2 Å². The van der Waals surface area contributed by atoms with E-state index in [4.69, 9.17) is 13.9 Å². The zero-order chi connectivity index (χ0) is 24.8. The summed E-state index contributed by atoms with van der Waals surface area (Å²) in [4.78, 5) is 25.6. The number of anilines is 2. The van der Waals surface area contributed by atoms with Crippen LogP contribution in [0.15, 0.2) is 65.3 Å². The number of nitrogens with one attached hydrogen (secondary N) is 2. The molecule has 1 aromatic heterocycles. The molecule has 0 atom stereocenters. The monoisotopic (exact) mass is 499 g/mol. The van der Waals surface area contributed by atoms with E-state index in [0.29, 0.717) is 30.5 Å². The van der Waals surface area contributed by atoms with Crippen LogP contribution in [0, 0.1) is 0 Å². The Labute approximate surface area is 202 Å². The first-order chi connectivity index (χ1) is 16.9. The minimum absolute atomic E-state index is 0.181. The molecule has 2 aromatic carbocycles. The van der Waals surface area contributed by atoms with Crippen LogP contribution in [0.1, 0.15) is 23.0 Å². The quantitative estimate of drug-likeness (QED) is 0.463. The molecule has 2 N–H and O–H groups in total. The maximum Gasteiger partial charge on any atom is 0.253 e. The number of rotatable bonds is 9.